The Bertz CT molecular complexity index is 527. The number of cyclic esters (lactones) is 1. The average molecular weight is 294 g/mol. The van der Waals surface area contributed by atoms with Gasteiger partial charge in [-0.15, -0.1) is 0 Å². The van der Waals surface area contributed by atoms with E-state index in [1.807, 2.05) is 13.0 Å². The molecule has 3 rings (SSSR count). The summed E-state index contributed by atoms with van der Waals surface area (Å²) in [6.45, 7) is 3.78. The van der Waals surface area contributed by atoms with Crippen molar-refractivity contribution in [2.75, 3.05) is 6.61 Å². The van der Waals surface area contributed by atoms with Crippen molar-refractivity contribution in [1.29, 1.82) is 0 Å². The molecule has 1 aliphatic heterocycles. The highest BCUT2D eigenvalue weighted by Gasteiger charge is 2.62. The number of hydrogen-bond donors (Lipinski definition) is 2. The Labute approximate surface area is 124 Å². The summed E-state index contributed by atoms with van der Waals surface area (Å²) < 4.78 is 5.02. The van der Waals surface area contributed by atoms with E-state index in [1.165, 1.54) is 0 Å². The third-order valence-corrected chi connectivity index (χ3v) is 6.11. The van der Waals surface area contributed by atoms with Crippen molar-refractivity contribution in [3.63, 3.8) is 0 Å². The number of allylic oxidation sites excluding steroid dienone is 1. The number of ether oxygens (including phenoxy) is 1. The van der Waals surface area contributed by atoms with Crippen LogP contribution in [0.25, 0.3) is 0 Å². The van der Waals surface area contributed by atoms with Crippen LogP contribution in [0.4, 0.5) is 0 Å². The van der Waals surface area contributed by atoms with Crippen LogP contribution >= 0.6 is 0 Å². The number of carbonyl (C=O) groups is 2. The van der Waals surface area contributed by atoms with Gasteiger partial charge >= 0.3 is 11.9 Å². The molecule has 0 amide bonds. The number of rotatable bonds is 1. The van der Waals surface area contributed by atoms with E-state index in [1.54, 1.807) is 13.0 Å². The first-order valence-electron chi connectivity index (χ1n) is 7.53. The molecule has 5 atom stereocenters. The molecule has 2 aliphatic carbocycles. The second-order valence-electron chi connectivity index (χ2n) is 7.33. The van der Waals surface area contributed by atoms with Crippen LogP contribution in [0.2, 0.25) is 0 Å². The van der Waals surface area contributed by atoms with E-state index >= 15 is 0 Å². The monoisotopic (exact) mass is 294 g/mol. The molecule has 0 spiro atoms. The van der Waals surface area contributed by atoms with Crippen LogP contribution < -0.4 is 0 Å². The lowest BCUT2D eigenvalue weighted by Gasteiger charge is -2.59. The molecule has 0 aromatic carbocycles. The number of hydrogen-bond acceptors (Lipinski definition) is 4. The molecule has 0 bridgehead atoms. The largest absolute Gasteiger partial charge is 0.481 e. The third kappa shape index (κ3) is 1.86. The fourth-order valence-electron chi connectivity index (χ4n) is 4.87. The van der Waals surface area contributed by atoms with Gasteiger partial charge in [-0.1, -0.05) is 25.5 Å². The highest BCUT2D eigenvalue weighted by molar-refractivity contribution is 5.76. The molecule has 1 saturated heterocycles. The lowest BCUT2D eigenvalue weighted by Crippen LogP contribution is -2.61. The molecule has 0 aromatic rings. The average Bonchev–Trinajstić information content (AvgIpc) is 2.40. The molecule has 2 N–H and O–H groups in total. The summed E-state index contributed by atoms with van der Waals surface area (Å²) in [7, 11) is 0. The molecule has 3 aliphatic rings. The van der Waals surface area contributed by atoms with Crippen LogP contribution in [-0.2, 0) is 14.3 Å². The molecule has 5 nitrogen and oxygen atoms in total. The van der Waals surface area contributed by atoms with E-state index in [4.69, 9.17) is 4.74 Å². The van der Waals surface area contributed by atoms with Gasteiger partial charge in [0.1, 0.15) is 12.2 Å². The van der Waals surface area contributed by atoms with E-state index in [9.17, 15) is 19.8 Å². The van der Waals surface area contributed by atoms with Gasteiger partial charge in [0.15, 0.2) is 0 Å². The number of aliphatic carboxylic acids is 1. The summed E-state index contributed by atoms with van der Waals surface area (Å²) in [5.41, 5.74) is -2.39. The smallest absolute Gasteiger partial charge is 0.309 e. The normalized spacial score (nSPS) is 49.0. The van der Waals surface area contributed by atoms with Crippen molar-refractivity contribution in [1.82, 2.24) is 0 Å². The number of fused-ring (bicyclic) bond motifs is 3. The molecule has 0 radical (unpaired) electrons. The van der Waals surface area contributed by atoms with E-state index < -0.39 is 22.4 Å². The van der Waals surface area contributed by atoms with Crippen LogP contribution in [0.5, 0.6) is 0 Å². The zero-order valence-corrected chi connectivity index (χ0v) is 12.5. The predicted molar refractivity (Wildman–Crippen MR) is 74.3 cm³/mol. The van der Waals surface area contributed by atoms with Gasteiger partial charge in [0.2, 0.25) is 0 Å². The molecule has 116 valence electrons. The van der Waals surface area contributed by atoms with E-state index in [0.29, 0.717) is 6.42 Å². The maximum atomic E-state index is 11.8. The number of aliphatic hydroxyl groups is 1. The molecule has 2 fully saturated rings. The number of carbonyl (C=O) groups excluding carboxylic acids is 1. The third-order valence-electron chi connectivity index (χ3n) is 6.11. The summed E-state index contributed by atoms with van der Waals surface area (Å²) >= 11 is 0. The predicted octanol–water partition coefficient (Wildman–Crippen LogP) is 1.75. The van der Waals surface area contributed by atoms with Crippen LogP contribution in [0.15, 0.2) is 12.2 Å². The highest BCUT2D eigenvalue weighted by atomic mass is 16.5. The minimum absolute atomic E-state index is 0.0287. The molecule has 0 aromatic heterocycles. The summed E-state index contributed by atoms with van der Waals surface area (Å²) in [6, 6.07) is 0. The van der Waals surface area contributed by atoms with Gasteiger partial charge in [0.05, 0.1) is 11.8 Å². The lowest BCUT2D eigenvalue weighted by atomic mass is 9.46. The first-order chi connectivity index (χ1) is 9.72. The van der Waals surface area contributed by atoms with E-state index in [2.05, 4.69) is 0 Å². The summed E-state index contributed by atoms with van der Waals surface area (Å²) in [6.07, 6.45) is 5.93. The maximum absolute atomic E-state index is 11.8. The molecule has 0 unspecified atom stereocenters. The molecule has 1 heterocycles. The second-order valence-corrected chi connectivity index (χ2v) is 7.33. The number of carboxylic acid groups (broad SMARTS) is 1. The minimum Gasteiger partial charge on any atom is -0.481 e. The fraction of sp³-hybridized carbons (Fsp3) is 0.750. The zero-order valence-electron chi connectivity index (χ0n) is 12.5. The lowest BCUT2D eigenvalue weighted by molar-refractivity contribution is -0.193. The topological polar surface area (TPSA) is 83.8 Å². The fourth-order valence-corrected chi connectivity index (χ4v) is 4.87. The standard InChI is InChI=1S/C16H22O5/c1-14-5-3-6-15(2,13(18)19)10(14)4-7-16(20)9-21-12(17)8-11(14)16/h4,7,10-11,20H,3,5-6,8-9H2,1-2H3,(H,18,19)/t10-,11-,14-,15+,16-/m1/s1. The maximum Gasteiger partial charge on any atom is 0.309 e. The van der Waals surface area contributed by atoms with Gasteiger partial charge in [-0.05, 0) is 31.1 Å². The minimum atomic E-state index is -1.16. The van der Waals surface area contributed by atoms with Gasteiger partial charge < -0.3 is 14.9 Å². The van der Waals surface area contributed by atoms with Gasteiger partial charge in [0, 0.05) is 5.92 Å². The van der Waals surface area contributed by atoms with Crippen molar-refractivity contribution in [3.05, 3.63) is 12.2 Å². The first-order valence-corrected chi connectivity index (χ1v) is 7.53. The van der Waals surface area contributed by atoms with Crippen molar-refractivity contribution in [2.24, 2.45) is 22.7 Å². The van der Waals surface area contributed by atoms with Crippen LogP contribution in [0.1, 0.15) is 39.5 Å². The van der Waals surface area contributed by atoms with Gasteiger partial charge in [-0.2, -0.15) is 0 Å². The van der Waals surface area contributed by atoms with Crippen LogP contribution in [-0.4, -0.2) is 34.4 Å². The van der Waals surface area contributed by atoms with Crippen LogP contribution in [0, 0.1) is 22.7 Å². The van der Waals surface area contributed by atoms with Gasteiger partial charge in [-0.25, -0.2) is 0 Å². The summed E-state index contributed by atoms with van der Waals surface area (Å²) in [5, 5.41) is 20.5. The molecule has 1 saturated carbocycles. The van der Waals surface area contributed by atoms with Crippen molar-refractivity contribution in [3.8, 4) is 0 Å². The Balaban J connectivity index is 2.09. The Morgan fingerprint density at radius 2 is 2.10 bits per heavy atom. The zero-order chi connectivity index (χ0) is 15.5. The van der Waals surface area contributed by atoms with E-state index in [0.717, 1.165) is 12.8 Å². The Morgan fingerprint density at radius 1 is 1.38 bits per heavy atom. The molecule has 21 heavy (non-hydrogen) atoms. The highest BCUT2D eigenvalue weighted by Crippen LogP contribution is 2.61. The molecular formula is C16H22O5. The number of carboxylic acids is 1. The van der Waals surface area contributed by atoms with Crippen molar-refractivity contribution >= 4 is 11.9 Å². The Hall–Kier alpha value is -1.36. The van der Waals surface area contributed by atoms with Crippen molar-refractivity contribution in [2.45, 2.75) is 45.1 Å². The van der Waals surface area contributed by atoms with Crippen molar-refractivity contribution < 1.29 is 24.5 Å². The molecule has 5 heteroatoms. The summed E-state index contributed by atoms with van der Waals surface area (Å²) in [5.74, 6) is -1.55. The SMILES string of the molecule is C[C@@]12CCC[C@](C)(C(=O)O)[C@@H]1C=C[C@@]1(O)COC(=O)C[C@H]21. The first kappa shape index (κ1) is 14.6. The van der Waals surface area contributed by atoms with Crippen LogP contribution in [0.3, 0.4) is 0 Å². The second kappa shape index (κ2) is 4.32. The van der Waals surface area contributed by atoms with E-state index in [-0.39, 0.29) is 30.8 Å². The Kier molecular flexibility index (Phi) is 3.00. The Morgan fingerprint density at radius 3 is 2.76 bits per heavy atom. The molecular weight excluding hydrogens is 272 g/mol. The van der Waals surface area contributed by atoms with Gasteiger partial charge in [0.25, 0.3) is 0 Å². The van der Waals surface area contributed by atoms with Gasteiger partial charge in [-0.3, -0.25) is 9.59 Å². The summed E-state index contributed by atoms with van der Waals surface area (Å²) in [4.78, 5) is 23.5. The quantitative estimate of drug-likeness (QED) is 0.568. The number of esters is 1.